The Hall–Kier alpha value is -1.34. The molecule has 0 fully saturated rings. The van der Waals surface area contributed by atoms with E-state index in [1.165, 1.54) is 0 Å². The van der Waals surface area contributed by atoms with Gasteiger partial charge in [-0.25, -0.2) is 0 Å². The van der Waals surface area contributed by atoms with E-state index in [1.54, 1.807) is 24.3 Å². The van der Waals surface area contributed by atoms with Crippen LogP contribution in [0, 0.1) is 0 Å². The molecule has 0 aliphatic heterocycles. The van der Waals surface area contributed by atoms with E-state index in [2.05, 4.69) is 21.2 Å². The van der Waals surface area contributed by atoms with Crippen LogP contribution in [0.3, 0.4) is 0 Å². The third-order valence-electron chi connectivity index (χ3n) is 1.83. The van der Waals surface area contributed by atoms with Crippen molar-refractivity contribution in [1.82, 2.24) is 5.32 Å². The second kappa shape index (κ2) is 7.17. The Morgan fingerprint density at radius 2 is 1.89 bits per heavy atom. The van der Waals surface area contributed by atoms with Crippen molar-refractivity contribution in [3.63, 3.8) is 0 Å². The maximum Gasteiger partial charge on any atom is 0.313 e. The van der Waals surface area contributed by atoms with Gasteiger partial charge in [-0.15, -0.1) is 11.8 Å². The highest BCUT2D eigenvalue weighted by Crippen LogP contribution is 2.15. The SMILES string of the molecule is O=C(O)CSCC(=O)NC(=O)c1ccccc1Br. The number of carbonyl (C=O) groups excluding carboxylic acids is 2. The van der Waals surface area contributed by atoms with Gasteiger partial charge in [0.25, 0.3) is 5.91 Å². The van der Waals surface area contributed by atoms with Crippen LogP contribution in [0.1, 0.15) is 10.4 Å². The number of imide groups is 1. The number of aliphatic carboxylic acids is 1. The van der Waals surface area contributed by atoms with Crippen LogP contribution in [0.15, 0.2) is 28.7 Å². The molecule has 0 radical (unpaired) electrons. The van der Waals surface area contributed by atoms with Gasteiger partial charge in [-0.05, 0) is 28.1 Å². The molecule has 0 unspecified atom stereocenters. The van der Waals surface area contributed by atoms with E-state index in [4.69, 9.17) is 5.11 Å². The zero-order valence-electron chi connectivity index (χ0n) is 9.18. The van der Waals surface area contributed by atoms with Crippen molar-refractivity contribution in [1.29, 1.82) is 0 Å². The fourth-order valence-corrected chi connectivity index (χ4v) is 2.11. The molecule has 1 rings (SSSR count). The summed E-state index contributed by atoms with van der Waals surface area (Å²) in [6.45, 7) is 0. The third kappa shape index (κ3) is 4.89. The van der Waals surface area contributed by atoms with Crippen molar-refractivity contribution >= 4 is 45.5 Å². The van der Waals surface area contributed by atoms with Crippen LogP contribution in [0.25, 0.3) is 0 Å². The van der Waals surface area contributed by atoms with Crippen LogP contribution in [-0.4, -0.2) is 34.4 Å². The van der Waals surface area contributed by atoms with Crippen molar-refractivity contribution in [2.24, 2.45) is 0 Å². The topological polar surface area (TPSA) is 83.5 Å². The first-order valence-corrected chi connectivity index (χ1v) is 6.83. The molecule has 7 heteroatoms. The van der Waals surface area contributed by atoms with Crippen LogP contribution in [0.5, 0.6) is 0 Å². The number of amides is 2. The molecule has 5 nitrogen and oxygen atoms in total. The van der Waals surface area contributed by atoms with E-state index < -0.39 is 17.8 Å². The summed E-state index contributed by atoms with van der Waals surface area (Å²) >= 11 is 4.14. The zero-order valence-corrected chi connectivity index (χ0v) is 11.6. The maximum absolute atomic E-state index is 11.7. The number of hydrogen-bond donors (Lipinski definition) is 2. The van der Waals surface area contributed by atoms with Crippen molar-refractivity contribution in [3.05, 3.63) is 34.3 Å². The number of benzene rings is 1. The minimum Gasteiger partial charge on any atom is -0.481 e. The summed E-state index contributed by atoms with van der Waals surface area (Å²) in [4.78, 5) is 33.3. The van der Waals surface area contributed by atoms with E-state index in [0.717, 1.165) is 11.8 Å². The Morgan fingerprint density at radius 1 is 1.22 bits per heavy atom. The zero-order chi connectivity index (χ0) is 13.5. The summed E-state index contributed by atoms with van der Waals surface area (Å²) in [6.07, 6.45) is 0. The molecule has 0 aromatic heterocycles. The number of carboxylic acids is 1. The van der Waals surface area contributed by atoms with Crippen LogP contribution in [-0.2, 0) is 9.59 Å². The Morgan fingerprint density at radius 3 is 2.50 bits per heavy atom. The molecule has 2 N–H and O–H groups in total. The van der Waals surface area contributed by atoms with Gasteiger partial charge in [-0.1, -0.05) is 12.1 Å². The molecule has 0 atom stereocenters. The Kier molecular flexibility index (Phi) is 5.87. The second-order valence-corrected chi connectivity index (χ2v) is 5.08. The predicted octanol–water partition coefficient (Wildman–Crippen LogP) is 1.52. The van der Waals surface area contributed by atoms with Gasteiger partial charge in [0, 0.05) is 4.47 Å². The molecular formula is C11H10BrNO4S. The molecular weight excluding hydrogens is 322 g/mol. The number of thioether (sulfide) groups is 1. The average Bonchev–Trinajstić information content (AvgIpc) is 2.28. The van der Waals surface area contributed by atoms with Crippen LogP contribution in [0.2, 0.25) is 0 Å². The second-order valence-electron chi connectivity index (χ2n) is 3.24. The van der Waals surface area contributed by atoms with Crippen molar-refractivity contribution in [2.75, 3.05) is 11.5 Å². The molecule has 0 aliphatic carbocycles. The first-order chi connectivity index (χ1) is 8.50. The molecule has 0 spiro atoms. The summed E-state index contributed by atoms with van der Waals surface area (Å²) in [6, 6.07) is 6.71. The molecule has 0 saturated heterocycles. The number of carbonyl (C=O) groups is 3. The maximum atomic E-state index is 11.7. The standard InChI is InChI=1S/C11H10BrNO4S/c12-8-4-2-1-3-7(8)11(17)13-9(14)5-18-6-10(15)16/h1-4H,5-6H2,(H,15,16)(H,13,14,17). The molecule has 0 heterocycles. The van der Waals surface area contributed by atoms with Gasteiger partial charge in [-0.3, -0.25) is 19.7 Å². The van der Waals surface area contributed by atoms with E-state index in [-0.39, 0.29) is 11.5 Å². The predicted molar refractivity (Wildman–Crippen MR) is 71.6 cm³/mol. The summed E-state index contributed by atoms with van der Waals surface area (Å²) in [5.41, 5.74) is 0.356. The van der Waals surface area contributed by atoms with E-state index in [9.17, 15) is 14.4 Å². The highest BCUT2D eigenvalue weighted by Gasteiger charge is 2.13. The lowest BCUT2D eigenvalue weighted by Gasteiger charge is -2.05. The molecule has 0 aliphatic rings. The molecule has 18 heavy (non-hydrogen) atoms. The minimum atomic E-state index is -0.995. The van der Waals surface area contributed by atoms with Gasteiger partial charge in [0.1, 0.15) is 0 Å². The summed E-state index contributed by atoms with van der Waals surface area (Å²) < 4.78 is 0.591. The Bertz CT molecular complexity index is 478. The van der Waals surface area contributed by atoms with Gasteiger partial charge in [-0.2, -0.15) is 0 Å². The van der Waals surface area contributed by atoms with Crippen molar-refractivity contribution in [2.45, 2.75) is 0 Å². The van der Waals surface area contributed by atoms with Crippen molar-refractivity contribution in [3.8, 4) is 0 Å². The summed E-state index contributed by atoms with van der Waals surface area (Å²) in [5, 5.41) is 10.6. The lowest BCUT2D eigenvalue weighted by atomic mass is 10.2. The number of hydrogen-bond acceptors (Lipinski definition) is 4. The lowest BCUT2D eigenvalue weighted by molar-refractivity contribution is -0.133. The highest BCUT2D eigenvalue weighted by atomic mass is 79.9. The van der Waals surface area contributed by atoms with Crippen LogP contribution >= 0.6 is 27.7 Å². The molecule has 96 valence electrons. The number of nitrogens with one attached hydrogen (secondary N) is 1. The summed E-state index contributed by atoms with van der Waals surface area (Å²) in [7, 11) is 0. The van der Waals surface area contributed by atoms with Crippen LogP contribution in [0.4, 0.5) is 0 Å². The third-order valence-corrected chi connectivity index (χ3v) is 3.44. The largest absolute Gasteiger partial charge is 0.481 e. The first-order valence-electron chi connectivity index (χ1n) is 4.89. The number of carboxylic acid groups (broad SMARTS) is 1. The fourth-order valence-electron chi connectivity index (χ4n) is 1.11. The molecule has 1 aromatic carbocycles. The normalized spacial score (nSPS) is 9.83. The van der Waals surface area contributed by atoms with E-state index >= 15 is 0 Å². The quantitative estimate of drug-likeness (QED) is 0.854. The Balaban J connectivity index is 2.48. The number of halogens is 1. The lowest BCUT2D eigenvalue weighted by Crippen LogP contribution is -2.32. The van der Waals surface area contributed by atoms with Gasteiger partial charge >= 0.3 is 5.97 Å². The summed E-state index contributed by atoms with van der Waals surface area (Å²) in [5.74, 6) is -2.26. The highest BCUT2D eigenvalue weighted by molar-refractivity contribution is 9.10. The van der Waals surface area contributed by atoms with E-state index in [0.29, 0.717) is 10.0 Å². The van der Waals surface area contributed by atoms with Crippen LogP contribution < -0.4 is 5.32 Å². The monoisotopic (exact) mass is 331 g/mol. The van der Waals surface area contributed by atoms with Gasteiger partial charge in [0.05, 0.1) is 17.1 Å². The van der Waals surface area contributed by atoms with Crippen molar-refractivity contribution < 1.29 is 19.5 Å². The molecule has 0 bridgehead atoms. The van der Waals surface area contributed by atoms with Gasteiger partial charge < -0.3 is 5.11 Å². The number of rotatable bonds is 5. The minimum absolute atomic E-state index is 0.0670. The smallest absolute Gasteiger partial charge is 0.313 e. The average molecular weight is 332 g/mol. The Labute approximate surface area is 116 Å². The molecule has 1 aromatic rings. The van der Waals surface area contributed by atoms with E-state index in [1.807, 2.05) is 0 Å². The van der Waals surface area contributed by atoms with Gasteiger partial charge in [0.2, 0.25) is 5.91 Å². The molecule has 2 amide bonds. The van der Waals surface area contributed by atoms with Gasteiger partial charge in [0.15, 0.2) is 0 Å². The first kappa shape index (κ1) is 14.7. The molecule has 0 saturated carbocycles. The fraction of sp³-hybridized carbons (Fsp3) is 0.182.